The van der Waals surface area contributed by atoms with Gasteiger partial charge >= 0.3 is 0 Å². The first kappa shape index (κ1) is 7.94. The summed E-state index contributed by atoms with van der Waals surface area (Å²) >= 11 is 0. The minimum absolute atomic E-state index is 0.379. The van der Waals surface area contributed by atoms with Crippen molar-refractivity contribution in [3.05, 3.63) is 48.4 Å². The van der Waals surface area contributed by atoms with Gasteiger partial charge in [0.15, 0.2) is 5.82 Å². The highest BCUT2D eigenvalue weighted by atomic mass is 16.3. The van der Waals surface area contributed by atoms with Gasteiger partial charge in [0.1, 0.15) is 6.10 Å². The molecule has 0 aliphatic carbocycles. The summed E-state index contributed by atoms with van der Waals surface area (Å²) in [5, 5.41) is 9.70. The maximum Gasteiger partial charge on any atom is 0.161 e. The van der Waals surface area contributed by atoms with E-state index in [1.807, 2.05) is 0 Å². The molecule has 66 valence electrons. The van der Waals surface area contributed by atoms with Gasteiger partial charge in [0.2, 0.25) is 0 Å². The predicted molar refractivity (Wildman–Crippen MR) is 44.8 cm³/mol. The molecule has 0 bridgehead atoms. The van der Waals surface area contributed by atoms with E-state index in [0.717, 1.165) is 0 Å². The SMILES string of the molecule is OC(c1ccoc1)c1ncccn1. The van der Waals surface area contributed by atoms with Crippen molar-refractivity contribution in [1.29, 1.82) is 0 Å². The molecule has 2 heterocycles. The van der Waals surface area contributed by atoms with Crippen molar-refractivity contribution in [2.75, 3.05) is 0 Å². The zero-order valence-electron chi connectivity index (χ0n) is 6.79. The molecule has 2 aromatic rings. The molecule has 4 heteroatoms. The highest BCUT2D eigenvalue weighted by molar-refractivity contribution is 5.16. The van der Waals surface area contributed by atoms with Crippen LogP contribution in [0.15, 0.2) is 41.5 Å². The summed E-state index contributed by atoms with van der Waals surface area (Å²) in [5.41, 5.74) is 0.659. The molecule has 4 nitrogen and oxygen atoms in total. The molecule has 13 heavy (non-hydrogen) atoms. The summed E-state index contributed by atoms with van der Waals surface area (Å²) in [6.45, 7) is 0. The lowest BCUT2D eigenvalue weighted by molar-refractivity contribution is 0.209. The number of hydrogen-bond acceptors (Lipinski definition) is 4. The van der Waals surface area contributed by atoms with Crippen LogP contribution in [-0.2, 0) is 0 Å². The van der Waals surface area contributed by atoms with Crippen LogP contribution in [0.5, 0.6) is 0 Å². The third kappa shape index (κ3) is 1.57. The molecule has 2 aromatic heterocycles. The first-order valence-corrected chi connectivity index (χ1v) is 3.85. The Kier molecular flexibility index (Phi) is 2.06. The van der Waals surface area contributed by atoms with Crippen LogP contribution in [0.25, 0.3) is 0 Å². The maximum atomic E-state index is 9.70. The Labute approximate surface area is 74.9 Å². The van der Waals surface area contributed by atoms with Gasteiger partial charge in [-0.15, -0.1) is 0 Å². The van der Waals surface area contributed by atoms with Crippen molar-refractivity contribution in [2.45, 2.75) is 6.10 Å². The Morgan fingerprint density at radius 3 is 2.69 bits per heavy atom. The molecule has 1 unspecified atom stereocenters. The average molecular weight is 176 g/mol. The van der Waals surface area contributed by atoms with Gasteiger partial charge in [-0.3, -0.25) is 0 Å². The van der Waals surface area contributed by atoms with Crippen LogP contribution in [0.4, 0.5) is 0 Å². The van der Waals surface area contributed by atoms with E-state index in [-0.39, 0.29) is 0 Å². The number of furan rings is 1. The van der Waals surface area contributed by atoms with Crippen LogP contribution in [0.3, 0.4) is 0 Å². The van der Waals surface area contributed by atoms with Gasteiger partial charge in [-0.2, -0.15) is 0 Å². The zero-order chi connectivity index (χ0) is 9.10. The fourth-order valence-corrected chi connectivity index (χ4v) is 1.03. The van der Waals surface area contributed by atoms with Crippen LogP contribution in [0.1, 0.15) is 17.5 Å². The number of nitrogens with zero attached hydrogens (tertiary/aromatic N) is 2. The van der Waals surface area contributed by atoms with Crippen LogP contribution in [0.2, 0.25) is 0 Å². The number of aliphatic hydroxyl groups is 1. The fourth-order valence-electron chi connectivity index (χ4n) is 1.03. The number of rotatable bonds is 2. The van der Waals surface area contributed by atoms with E-state index in [4.69, 9.17) is 4.42 Å². The Morgan fingerprint density at radius 1 is 1.31 bits per heavy atom. The predicted octanol–water partition coefficient (Wildman–Crippen LogP) is 1.15. The molecule has 0 saturated carbocycles. The summed E-state index contributed by atoms with van der Waals surface area (Å²) in [7, 11) is 0. The number of aliphatic hydroxyl groups excluding tert-OH is 1. The van der Waals surface area contributed by atoms with Crippen molar-refractivity contribution < 1.29 is 9.52 Å². The number of hydrogen-bond donors (Lipinski definition) is 1. The standard InChI is InChI=1S/C9H8N2O2/c12-8(7-2-5-13-6-7)9-10-3-1-4-11-9/h1-6,8,12H. The van der Waals surface area contributed by atoms with Crippen LogP contribution < -0.4 is 0 Å². The molecule has 2 rings (SSSR count). The first-order valence-electron chi connectivity index (χ1n) is 3.85. The maximum absolute atomic E-state index is 9.70. The molecule has 0 spiro atoms. The third-order valence-corrected chi connectivity index (χ3v) is 1.69. The molecule has 0 aromatic carbocycles. The summed E-state index contributed by atoms with van der Waals surface area (Å²) in [5.74, 6) is 0.379. The molecule has 0 radical (unpaired) electrons. The Morgan fingerprint density at radius 2 is 2.08 bits per heavy atom. The Balaban J connectivity index is 2.29. The molecule has 0 fully saturated rings. The summed E-state index contributed by atoms with van der Waals surface area (Å²) < 4.78 is 4.84. The highest BCUT2D eigenvalue weighted by Gasteiger charge is 2.13. The zero-order valence-corrected chi connectivity index (χ0v) is 6.79. The molecule has 0 amide bonds. The Bertz CT molecular complexity index is 358. The van der Waals surface area contributed by atoms with Crippen LogP contribution in [0, 0.1) is 0 Å². The van der Waals surface area contributed by atoms with Gasteiger partial charge in [0.25, 0.3) is 0 Å². The largest absolute Gasteiger partial charge is 0.472 e. The molecular weight excluding hydrogens is 168 g/mol. The quantitative estimate of drug-likeness (QED) is 0.745. The molecule has 0 saturated heterocycles. The number of aromatic nitrogens is 2. The van der Waals surface area contributed by atoms with E-state index >= 15 is 0 Å². The second-order valence-electron chi connectivity index (χ2n) is 2.57. The first-order chi connectivity index (χ1) is 6.38. The van der Waals surface area contributed by atoms with Crippen LogP contribution in [-0.4, -0.2) is 15.1 Å². The van der Waals surface area contributed by atoms with E-state index in [0.29, 0.717) is 11.4 Å². The normalized spacial score (nSPS) is 12.7. The molecule has 1 N–H and O–H groups in total. The van der Waals surface area contributed by atoms with Crippen molar-refractivity contribution in [3.8, 4) is 0 Å². The second-order valence-corrected chi connectivity index (χ2v) is 2.57. The topological polar surface area (TPSA) is 59.2 Å². The minimum atomic E-state index is -0.806. The second kappa shape index (κ2) is 3.37. The molecule has 1 atom stereocenters. The van der Waals surface area contributed by atoms with Gasteiger partial charge in [0, 0.05) is 18.0 Å². The van der Waals surface area contributed by atoms with Gasteiger partial charge in [0.05, 0.1) is 12.5 Å². The third-order valence-electron chi connectivity index (χ3n) is 1.69. The van der Waals surface area contributed by atoms with Crippen molar-refractivity contribution >= 4 is 0 Å². The Hall–Kier alpha value is -1.68. The van der Waals surface area contributed by atoms with Crippen molar-refractivity contribution in [2.24, 2.45) is 0 Å². The van der Waals surface area contributed by atoms with E-state index in [9.17, 15) is 5.11 Å². The van der Waals surface area contributed by atoms with E-state index in [1.54, 1.807) is 24.5 Å². The average Bonchev–Trinajstić information content (AvgIpc) is 2.71. The van der Waals surface area contributed by atoms with Gasteiger partial charge in [-0.25, -0.2) is 9.97 Å². The molecule has 0 aliphatic rings. The van der Waals surface area contributed by atoms with Crippen molar-refractivity contribution in [3.63, 3.8) is 0 Å². The summed E-state index contributed by atoms with van der Waals surface area (Å²) in [6, 6.07) is 3.38. The minimum Gasteiger partial charge on any atom is -0.472 e. The summed E-state index contributed by atoms with van der Waals surface area (Å²) in [6.07, 6.45) is 5.35. The lowest BCUT2D eigenvalue weighted by atomic mass is 10.2. The van der Waals surface area contributed by atoms with Gasteiger partial charge < -0.3 is 9.52 Å². The highest BCUT2D eigenvalue weighted by Crippen LogP contribution is 2.17. The van der Waals surface area contributed by atoms with Crippen molar-refractivity contribution in [1.82, 2.24) is 9.97 Å². The molecular formula is C9H8N2O2. The fraction of sp³-hybridized carbons (Fsp3) is 0.111. The van der Waals surface area contributed by atoms with E-state index in [1.165, 1.54) is 12.5 Å². The van der Waals surface area contributed by atoms with Gasteiger partial charge in [-0.05, 0) is 12.1 Å². The van der Waals surface area contributed by atoms with Crippen LogP contribution >= 0.6 is 0 Å². The van der Waals surface area contributed by atoms with Gasteiger partial charge in [-0.1, -0.05) is 0 Å². The lowest BCUT2D eigenvalue weighted by Gasteiger charge is -2.04. The smallest absolute Gasteiger partial charge is 0.161 e. The van der Waals surface area contributed by atoms with E-state index < -0.39 is 6.10 Å². The lowest BCUT2D eigenvalue weighted by Crippen LogP contribution is -2.02. The molecule has 0 aliphatic heterocycles. The monoisotopic (exact) mass is 176 g/mol. The summed E-state index contributed by atoms with van der Waals surface area (Å²) in [4.78, 5) is 7.86. The van der Waals surface area contributed by atoms with E-state index in [2.05, 4.69) is 9.97 Å².